The van der Waals surface area contributed by atoms with Crippen LogP contribution in [0.15, 0.2) is 40.8 Å². The molecule has 4 rings (SSSR count). The molecule has 2 aliphatic rings. The molecule has 0 aliphatic heterocycles. The van der Waals surface area contributed by atoms with Gasteiger partial charge in [-0.3, -0.25) is 0 Å². The van der Waals surface area contributed by atoms with Gasteiger partial charge in [-0.1, -0.05) is 156 Å². The molecule has 1 aromatic carbocycles. The van der Waals surface area contributed by atoms with Crippen molar-refractivity contribution in [3.05, 3.63) is 70.2 Å². The van der Waals surface area contributed by atoms with Gasteiger partial charge in [-0.15, -0.1) is 0 Å². The van der Waals surface area contributed by atoms with E-state index < -0.39 is 0 Å². The smallest absolute Gasteiger partial charge is 0.133 e. The minimum atomic E-state index is 0.572. The van der Waals surface area contributed by atoms with Crippen LogP contribution in [0.5, 0.6) is 0 Å². The van der Waals surface area contributed by atoms with Crippen molar-refractivity contribution in [2.24, 2.45) is 17.8 Å². The van der Waals surface area contributed by atoms with Crippen LogP contribution in [0.4, 0.5) is 0 Å². The van der Waals surface area contributed by atoms with Gasteiger partial charge >= 0.3 is 0 Å². The Bertz CT molecular complexity index is 1290. The van der Waals surface area contributed by atoms with E-state index in [1.54, 1.807) is 16.7 Å². The topological polar surface area (TPSA) is 13.1 Å². The molecule has 0 N–H and O–H groups in total. The number of hydrogen-bond acceptors (Lipinski definition) is 1. The Kier molecular flexibility index (Phi) is 18.0. The SMILES string of the molecule is CCC/C=C(/C=C(\c1cc(C2CCC2)c(C2CC(CCCCCCCCCCCC)C2)cc1C)C(CCC)CCC(C)CC)c1ccc(C)o1. The second-order valence-corrected chi connectivity index (χ2v) is 17.0. The number of unbranched alkanes of at least 4 members (excludes halogenated alkanes) is 10. The van der Waals surface area contributed by atoms with Crippen LogP contribution in [0, 0.1) is 31.6 Å². The first-order chi connectivity index (χ1) is 24.4. The largest absolute Gasteiger partial charge is 0.461 e. The molecule has 2 unspecified atom stereocenters. The van der Waals surface area contributed by atoms with Crippen LogP contribution in [0.1, 0.15) is 228 Å². The molecule has 280 valence electrons. The van der Waals surface area contributed by atoms with Gasteiger partial charge in [0.25, 0.3) is 0 Å². The van der Waals surface area contributed by atoms with Crippen LogP contribution in [0.2, 0.25) is 0 Å². The summed E-state index contributed by atoms with van der Waals surface area (Å²) < 4.78 is 6.29. The number of hydrogen-bond donors (Lipinski definition) is 0. The van der Waals surface area contributed by atoms with Crippen molar-refractivity contribution in [3.63, 3.8) is 0 Å². The molecule has 0 saturated heterocycles. The van der Waals surface area contributed by atoms with Gasteiger partial charge in [0.1, 0.15) is 11.5 Å². The third-order valence-corrected chi connectivity index (χ3v) is 12.7. The maximum Gasteiger partial charge on any atom is 0.133 e. The van der Waals surface area contributed by atoms with E-state index in [2.05, 4.69) is 84.9 Å². The van der Waals surface area contributed by atoms with Crippen molar-refractivity contribution in [2.45, 2.75) is 208 Å². The lowest BCUT2D eigenvalue weighted by atomic mass is 9.65. The van der Waals surface area contributed by atoms with E-state index in [9.17, 15) is 0 Å². The Hall–Kier alpha value is -2.02. The maximum absolute atomic E-state index is 6.29. The highest BCUT2D eigenvalue weighted by Gasteiger charge is 2.34. The zero-order valence-electron chi connectivity index (χ0n) is 34.0. The van der Waals surface area contributed by atoms with Crippen LogP contribution in [0.25, 0.3) is 11.1 Å². The van der Waals surface area contributed by atoms with Crippen LogP contribution in [0.3, 0.4) is 0 Å². The van der Waals surface area contributed by atoms with Gasteiger partial charge in [-0.05, 0) is 134 Å². The average molecular weight is 683 g/mol. The molecule has 2 saturated carbocycles. The molecule has 50 heavy (non-hydrogen) atoms. The predicted molar refractivity (Wildman–Crippen MR) is 221 cm³/mol. The van der Waals surface area contributed by atoms with Crippen molar-refractivity contribution in [1.82, 2.24) is 0 Å². The highest BCUT2D eigenvalue weighted by molar-refractivity contribution is 5.84. The number of rotatable bonds is 25. The molecule has 2 aromatic rings. The molecular weight excluding hydrogens is 605 g/mol. The fourth-order valence-electron chi connectivity index (χ4n) is 8.83. The Morgan fingerprint density at radius 3 is 2.02 bits per heavy atom. The average Bonchev–Trinajstić information content (AvgIpc) is 3.50. The molecule has 0 radical (unpaired) electrons. The minimum Gasteiger partial charge on any atom is -0.461 e. The van der Waals surface area contributed by atoms with Gasteiger partial charge in [0.05, 0.1) is 0 Å². The van der Waals surface area contributed by atoms with Crippen molar-refractivity contribution >= 4 is 11.1 Å². The standard InChI is InChI=1S/C49H78O/c1-8-12-14-15-16-17-18-19-20-21-24-40-33-44(34-40)46-32-38(6)45(36-48(46)42-26-22-27-42)47(41(23-10-3)30-28-37(5)11-4)35-43(25-13-9-2)49-31-29-39(7)50-49/h25,29,31-32,35-37,40-42,44H,8-24,26-28,30,33-34H2,1-7H3/b43-25-,47-35-. The van der Waals surface area contributed by atoms with E-state index in [-0.39, 0.29) is 0 Å². The fourth-order valence-corrected chi connectivity index (χ4v) is 8.83. The summed E-state index contributed by atoms with van der Waals surface area (Å²) in [5, 5.41) is 0. The highest BCUT2D eigenvalue weighted by Crippen LogP contribution is 2.50. The van der Waals surface area contributed by atoms with E-state index in [0.29, 0.717) is 5.92 Å². The number of aryl methyl sites for hydroxylation is 2. The van der Waals surface area contributed by atoms with E-state index in [1.165, 1.54) is 152 Å². The lowest BCUT2D eigenvalue weighted by Crippen LogP contribution is -2.25. The van der Waals surface area contributed by atoms with Crippen LogP contribution < -0.4 is 0 Å². The lowest BCUT2D eigenvalue weighted by molar-refractivity contribution is 0.238. The monoisotopic (exact) mass is 683 g/mol. The number of benzene rings is 1. The lowest BCUT2D eigenvalue weighted by Gasteiger charge is -2.40. The summed E-state index contributed by atoms with van der Waals surface area (Å²) in [5.41, 5.74) is 9.33. The molecule has 0 amide bonds. The summed E-state index contributed by atoms with van der Waals surface area (Å²) in [5.74, 6) is 5.88. The molecule has 1 aromatic heterocycles. The second kappa shape index (κ2) is 22.1. The molecular formula is C49H78O. The Morgan fingerprint density at radius 1 is 0.760 bits per heavy atom. The molecule has 1 heterocycles. The molecule has 2 aliphatic carbocycles. The number of allylic oxidation sites excluding steroid dienone is 4. The van der Waals surface area contributed by atoms with Gasteiger partial charge < -0.3 is 4.42 Å². The Balaban J connectivity index is 1.53. The molecule has 0 spiro atoms. The minimum absolute atomic E-state index is 0.572. The second-order valence-electron chi connectivity index (χ2n) is 17.0. The third kappa shape index (κ3) is 12.3. The third-order valence-electron chi connectivity index (χ3n) is 12.7. The van der Waals surface area contributed by atoms with Gasteiger partial charge in [0, 0.05) is 5.57 Å². The molecule has 1 heteroatoms. The zero-order chi connectivity index (χ0) is 35.7. The quantitative estimate of drug-likeness (QED) is 0.0750. The van der Waals surface area contributed by atoms with Crippen molar-refractivity contribution in [3.8, 4) is 0 Å². The van der Waals surface area contributed by atoms with E-state index in [4.69, 9.17) is 4.42 Å². The van der Waals surface area contributed by atoms with Crippen molar-refractivity contribution in [2.75, 3.05) is 0 Å². The van der Waals surface area contributed by atoms with Crippen molar-refractivity contribution in [1.29, 1.82) is 0 Å². The number of furan rings is 1. The van der Waals surface area contributed by atoms with Gasteiger partial charge in [0.15, 0.2) is 0 Å². The molecule has 1 nitrogen and oxygen atoms in total. The Morgan fingerprint density at radius 2 is 1.44 bits per heavy atom. The zero-order valence-corrected chi connectivity index (χ0v) is 34.0. The first-order valence-corrected chi connectivity index (χ1v) is 22.0. The summed E-state index contributed by atoms with van der Waals surface area (Å²) in [6, 6.07) is 9.73. The highest BCUT2D eigenvalue weighted by atomic mass is 16.3. The van der Waals surface area contributed by atoms with E-state index in [1.807, 2.05) is 0 Å². The first-order valence-electron chi connectivity index (χ1n) is 22.0. The summed E-state index contributed by atoms with van der Waals surface area (Å²) >= 11 is 0. The molecule has 0 bridgehead atoms. The van der Waals surface area contributed by atoms with Gasteiger partial charge in [-0.2, -0.15) is 0 Å². The Labute approximate surface area is 310 Å². The first kappa shape index (κ1) is 40.7. The van der Waals surface area contributed by atoms with E-state index in [0.717, 1.165) is 48.0 Å². The van der Waals surface area contributed by atoms with Gasteiger partial charge in [0.2, 0.25) is 0 Å². The summed E-state index contributed by atoms with van der Waals surface area (Å²) in [6.45, 7) is 16.3. The normalized spacial score (nSPS) is 19.7. The fraction of sp³-hybridized carbons (Fsp3) is 0.714. The van der Waals surface area contributed by atoms with Crippen LogP contribution in [-0.4, -0.2) is 0 Å². The van der Waals surface area contributed by atoms with E-state index >= 15 is 0 Å². The van der Waals surface area contributed by atoms with Crippen molar-refractivity contribution < 1.29 is 4.42 Å². The summed E-state index contributed by atoms with van der Waals surface area (Å²) in [4.78, 5) is 0. The summed E-state index contributed by atoms with van der Waals surface area (Å²) in [7, 11) is 0. The molecule has 2 fully saturated rings. The maximum atomic E-state index is 6.29. The predicted octanol–water partition coefficient (Wildman–Crippen LogP) is 16.5. The van der Waals surface area contributed by atoms with Gasteiger partial charge in [-0.25, -0.2) is 0 Å². The summed E-state index contributed by atoms with van der Waals surface area (Å²) in [6.07, 6.45) is 36.5. The molecule has 2 atom stereocenters. The van der Waals surface area contributed by atoms with Crippen LogP contribution >= 0.6 is 0 Å². The van der Waals surface area contributed by atoms with Crippen LogP contribution in [-0.2, 0) is 0 Å².